The highest BCUT2D eigenvalue weighted by atomic mass is 35.5. The first-order valence-corrected chi connectivity index (χ1v) is 8.35. The van der Waals surface area contributed by atoms with Crippen molar-refractivity contribution in [3.8, 4) is 5.75 Å². The Balaban J connectivity index is 2.13. The summed E-state index contributed by atoms with van der Waals surface area (Å²) < 4.78 is 10.7. The van der Waals surface area contributed by atoms with Crippen LogP contribution < -0.4 is 9.64 Å². The molecule has 0 bridgehead atoms. The predicted octanol–water partition coefficient (Wildman–Crippen LogP) is 3.54. The monoisotopic (exact) mass is 351 g/mol. The number of thioether (sulfide) groups is 1. The largest absolute Gasteiger partial charge is 0.497 e. The third-order valence-corrected chi connectivity index (χ3v) is 4.37. The average molecular weight is 352 g/mol. The number of amides is 1. The van der Waals surface area contributed by atoms with Gasteiger partial charge in [-0.2, -0.15) is 0 Å². The summed E-state index contributed by atoms with van der Waals surface area (Å²) in [6.45, 7) is 0. The summed E-state index contributed by atoms with van der Waals surface area (Å²) in [5.74, 6) is 1.18. The molecule has 0 spiro atoms. The van der Waals surface area contributed by atoms with Gasteiger partial charge in [0, 0.05) is 7.05 Å². The Morgan fingerprint density at radius 3 is 2.61 bits per heavy atom. The molecule has 8 heteroatoms. The van der Waals surface area contributed by atoms with Crippen LogP contribution in [-0.4, -0.2) is 36.5 Å². The number of hydrogen-bond acceptors (Lipinski definition) is 6. The molecule has 1 atom stereocenters. The molecule has 0 aliphatic carbocycles. The topological polar surface area (TPSA) is 64.6 Å². The van der Waals surface area contributed by atoms with Gasteiger partial charge in [0.25, 0.3) is 0 Å². The van der Waals surface area contributed by atoms with Crippen molar-refractivity contribution >= 4 is 35.3 Å². The number of aromatic nitrogens is 2. The highest BCUT2D eigenvalue weighted by Crippen LogP contribution is 2.41. The molecule has 6 nitrogen and oxygen atoms in total. The van der Waals surface area contributed by atoms with E-state index in [1.807, 2.05) is 18.4 Å². The van der Waals surface area contributed by atoms with E-state index in [1.165, 1.54) is 16.7 Å². The molecule has 23 heavy (non-hydrogen) atoms. The maximum Gasteiger partial charge on any atom is 0.416 e. The van der Waals surface area contributed by atoms with Crippen molar-refractivity contribution < 1.29 is 14.3 Å². The van der Waals surface area contributed by atoms with Gasteiger partial charge in [-0.25, -0.2) is 14.8 Å². The van der Waals surface area contributed by atoms with Gasteiger partial charge in [-0.1, -0.05) is 35.5 Å². The number of carbonyl (C=O) groups excluding carboxylic acids is 1. The van der Waals surface area contributed by atoms with E-state index in [9.17, 15) is 4.79 Å². The van der Waals surface area contributed by atoms with Crippen LogP contribution >= 0.6 is 23.4 Å². The first-order chi connectivity index (χ1) is 11.0. The van der Waals surface area contributed by atoms with E-state index in [-0.39, 0.29) is 5.15 Å². The smallest absolute Gasteiger partial charge is 0.416 e. The van der Waals surface area contributed by atoms with Crippen LogP contribution in [0.3, 0.4) is 0 Å². The summed E-state index contributed by atoms with van der Waals surface area (Å²) in [4.78, 5) is 22.1. The summed E-state index contributed by atoms with van der Waals surface area (Å²) in [5.41, 5.74) is 1.35. The molecule has 2 aromatic rings. The number of halogens is 1. The van der Waals surface area contributed by atoms with Crippen LogP contribution in [0.5, 0.6) is 5.75 Å². The number of ether oxygens (including phenoxy) is 2. The third-order valence-electron chi connectivity index (χ3n) is 3.53. The van der Waals surface area contributed by atoms with Crippen LogP contribution in [0.25, 0.3) is 0 Å². The highest BCUT2D eigenvalue weighted by Gasteiger charge is 2.36. The molecule has 0 radical (unpaired) electrons. The summed E-state index contributed by atoms with van der Waals surface area (Å²) >= 11 is 7.69. The Morgan fingerprint density at radius 2 is 2.00 bits per heavy atom. The summed E-state index contributed by atoms with van der Waals surface area (Å²) in [7, 11) is 3.19. The molecule has 0 fully saturated rings. The van der Waals surface area contributed by atoms with Crippen LogP contribution in [-0.2, 0) is 4.74 Å². The predicted molar refractivity (Wildman–Crippen MR) is 88.5 cm³/mol. The van der Waals surface area contributed by atoms with Gasteiger partial charge in [0.1, 0.15) is 10.9 Å². The first-order valence-electron chi connectivity index (χ1n) is 6.75. The number of nitrogens with zero attached hydrogens (tertiary/aromatic N) is 3. The number of carbonyl (C=O) groups is 1. The molecule has 1 unspecified atom stereocenters. The fourth-order valence-electron chi connectivity index (χ4n) is 2.32. The standard InChI is InChI=1S/C15H14ClN3O3S/c1-19-13-10(12(16)17-14(18-13)23-3)11(22-15(19)20)8-4-6-9(21-2)7-5-8/h4-7,11H,1-3H3. The number of benzene rings is 1. The van der Waals surface area contributed by atoms with Gasteiger partial charge in [-0.05, 0) is 24.0 Å². The van der Waals surface area contributed by atoms with Crippen molar-refractivity contribution in [1.29, 1.82) is 0 Å². The maximum absolute atomic E-state index is 12.1. The average Bonchev–Trinajstić information content (AvgIpc) is 2.58. The van der Waals surface area contributed by atoms with Gasteiger partial charge in [0.15, 0.2) is 17.1 Å². The van der Waals surface area contributed by atoms with Gasteiger partial charge in [-0.15, -0.1) is 0 Å². The first kappa shape index (κ1) is 15.9. The molecule has 1 aliphatic heterocycles. The van der Waals surface area contributed by atoms with E-state index in [0.29, 0.717) is 22.3 Å². The molecule has 0 saturated carbocycles. The maximum atomic E-state index is 12.1. The molecule has 1 amide bonds. The van der Waals surface area contributed by atoms with E-state index < -0.39 is 12.2 Å². The summed E-state index contributed by atoms with van der Waals surface area (Å²) in [5, 5.41) is 0.781. The van der Waals surface area contributed by atoms with Gasteiger partial charge >= 0.3 is 6.09 Å². The fourth-order valence-corrected chi connectivity index (χ4v) is 3.00. The minimum Gasteiger partial charge on any atom is -0.497 e. The lowest BCUT2D eigenvalue weighted by Gasteiger charge is -2.31. The number of hydrogen-bond donors (Lipinski definition) is 0. The van der Waals surface area contributed by atoms with Crippen molar-refractivity contribution in [2.75, 3.05) is 25.3 Å². The Bertz CT molecular complexity index is 754. The third kappa shape index (κ3) is 2.82. The zero-order valence-electron chi connectivity index (χ0n) is 12.7. The molecule has 1 aromatic carbocycles. The van der Waals surface area contributed by atoms with Crippen LogP contribution in [0.1, 0.15) is 17.2 Å². The van der Waals surface area contributed by atoms with E-state index in [1.54, 1.807) is 26.3 Å². The van der Waals surface area contributed by atoms with Crippen LogP contribution in [0.15, 0.2) is 29.4 Å². The minimum atomic E-state index is -0.650. The lowest BCUT2D eigenvalue weighted by atomic mass is 10.0. The molecule has 1 aliphatic rings. The Morgan fingerprint density at radius 1 is 1.30 bits per heavy atom. The molecular weight excluding hydrogens is 338 g/mol. The quantitative estimate of drug-likeness (QED) is 0.479. The zero-order valence-corrected chi connectivity index (χ0v) is 14.3. The highest BCUT2D eigenvalue weighted by molar-refractivity contribution is 7.98. The van der Waals surface area contributed by atoms with Crippen molar-refractivity contribution in [2.45, 2.75) is 11.3 Å². The number of rotatable bonds is 3. The van der Waals surface area contributed by atoms with E-state index >= 15 is 0 Å². The van der Waals surface area contributed by atoms with Crippen molar-refractivity contribution in [1.82, 2.24) is 9.97 Å². The second-order valence-corrected chi connectivity index (χ2v) is 5.97. The van der Waals surface area contributed by atoms with Crippen molar-refractivity contribution in [2.24, 2.45) is 0 Å². The molecule has 0 N–H and O–H groups in total. The van der Waals surface area contributed by atoms with Crippen LogP contribution in [0.2, 0.25) is 5.15 Å². The zero-order chi connectivity index (χ0) is 16.6. The van der Waals surface area contributed by atoms with Crippen molar-refractivity contribution in [3.05, 3.63) is 40.5 Å². The molecule has 3 rings (SSSR count). The van der Waals surface area contributed by atoms with E-state index in [2.05, 4.69) is 9.97 Å². The van der Waals surface area contributed by atoms with Crippen molar-refractivity contribution in [3.63, 3.8) is 0 Å². The SMILES string of the molecule is COc1ccc(C2OC(=O)N(C)c3nc(SC)nc(Cl)c32)cc1. The van der Waals surface area contributed by atoms with Gasteiger partial charge in [0.05, 0.1) is 12.7 Å². The fraction of sp³-hybridized carbons (Fsp3) is 0.267. The normalized spacial score (nSPS) is 16.8. The Kier molecular flexibility index (Phi) is 4.32. The number of cyclic esters (lactones) is 1. The van der Waals surface area contributed by atoms with Gasteiger partial charge in [-0.3, -0.25) is 4.90 Å². The molecule has 0 saturated heterocycles. The number of anilines is 1. The summed E-state index contributed by atoms with van der Waals surface area (Å²) in [6, 6.07) is 7.24. The lowest BCUT2D eigenvalue weighted by molar-refractivity contribution is 0.118. The number of fused-ring (bicyclic) bond motifs is 1. The Hall–Kier alpha value is -1.99. The molecule has 120 valence electrons. The van der Waals surface area contributed by atoms with Gasteiger partial charge < -0.3 is 9.47 Å². The second kappa shape index (κ2) is 6.25. The molecular formula is C15H14ClN3O3S. The molecule has 1 aromatic heterocycles. The Labute approximate surface area is 142 Å². The van der Waals surface area contributed by atoms with E-state index in [0.717, 1.165) is 5.56 Å². The van der Waals surface area contributed by atoms with Crippen LogP contribution in [0.4, 0.5) is 10.6 Å². The second-order valence-electron chi connectivity index (χ2n) is 4.83. The van der Waals surface area contributed by atoms with Crippen LogP contribution in [0, 0.1) is 0 Å². The molecule has 2 heterocycles. The van der Waals surface area contributed by atoms with Gasteiger partial charge in [0.2, 0.25) is 0 Å². The van der Waals surface area contributed by atoms with E-state index in [4.69, 9.17) is 21.1 Å². The minimum absolute atomic E-state index is 0.277. The lowest BCUT2D eigenvalue weighted by Crippen LogP contribution is -2.36. The summed E-state index contributed by atoms with van der Waals surface area (Å²) in [6.07, 6.45) is 0.711. The number of methoxy groups -OCH3 is 1.